The van der Waals surface area contributed by atoms with Crippen molar-refractivity contribution < 1.29 is 27.9 Å². The van der Waals surface area contributed by atoms with Gasteiger partial charge in [0.15, 0.2) is 0 Å². The van der Waals surface area contributed by atoms with Gasteiger partial charge in [-0.15, -0.1) is 0 Å². The SMILES string of the molecule is CCOC(=O)c1ccc(-c2c(C)oc3cc(OC(C)=O)c(CC)cc3c2=O)o1. The maximum atomic E-state index is 13.1. The van der Waals surface area contributed by atoms with E-state index in [4.69, 9.17) is 18.3 Å². The molecule has 0 saturated heterocycles. The molecule has 0 radical (unpaired) electrons. The van der Waals surface area contributed by atoms with Crippen molar-refractivity contribution in [3.05, 3.63) is 51.6 Å². The Balaban J connectivity index is 2.16. The minimum atomic E-state index is -0.601. The van der Waals surface area contributed by atoms with Crippen LogP contribution in [0.4, 0.5) is 0 Å². The van der Waals surface area contributed by atoms with Gasteiger partial charge in [-0.3, -0.25) is 9.59 Å². The number of aryl methyl sites for hydroxylation is 2. The molecule has 0 aliphatic heterocycles. The number of fused-ring (bicyclic) bond motifs is 1. The van der Waals surface area contributed by atoms with Crippen molar-refractivity contribution in [1.29, 1.82) is 0 Å². The number of hydrogen-bond acceptors (Lipinski definition) is 7. The Labute approximate surface area is 160 Å². The highest BCUT2D eigenvalue weighted by atomic mass is 16.5. The topological polar surface area (TPSA) is 96.0 Å². The first-order valence-electron chi connectivity index (χ1n) is 8.91. The molecule has 28 heavy (non-hydrogen) atoms. The van der Waals surface area contributed by atoms with Crippen molar-refractivity contribution in [3.63, 3.8) is 0 Å². The van der Waals surface area contributed by atoms with Crippen LogP contribution >= 0.6 is 0 Å². The number of ether oxygens (including phenoxy) is 2. The summed E-state index contributed by atoms with van der Waals surface area (Å²) in [4.78, 5) is 36.3. The fraction of sp³-hybridized carbons (Fsp3) is 0.286. The lowest BCUT2D eigenvalue weighted by Gasteiger charge is -2.10. The summed E-state index contributed by atoms with van der Waals surface area (Å²) in [5.74, 6) is -0.142. The lowest BCUT2D eigenvalue weighted by atomic mass is 10.0. The molecule has 0 bridgehead atoms. The number of benzene rings is 1. The van der Waals surface area contributed by atoms with Crippen molar-refractivity contribution in [1.82, 2.24) is 0 Å². The molecule has 3 aromatic rings. The highest BCUT2D eigenvalue weighted by Crippen LogP contribution is 2.30. The van der Waals surface area contributed by atoms with Gasteiger partial charge >= 0.3 is 11.9 Å². The highest BCUT2D eigenvalue weighted by molar-refractivity contribution is 5.88. The smallest absolute Gasteiger partial charge is 0.374 e. The molecule has 2 aromatic heterocycles. The second-order valence-corrected chi connectivity index (χ2v) is 6.15. The summed E-state index contributed by atoms with van der Waals surface area (Å²) in [6.45, 7) is 6.74. The third kappa shape index (κ3) is 3.55. The first-order chi connectivity index (χ1) is 13.3. The molecule has 0 saturated carbocycles. The van der Waals surface area contributed by atoms with Gasteiger partial charge in [0, 0.05) is 13.0 Å². The van der Waals surface area contributed by atoms with Crippen LogP contribution in [-0.4, -0.2) is 18.5 Å². The van der Waals surface area contributed by atoms with E-state index < -0.39 is 11.9 Å². The number of furan rings is 1. The quantitative estimate of drug-likeness (QED) is 0.484. The van der Waals surface area contributed by atoms with E-state index in [0.717, 1.165) is 0 Å². The second-order valence-electron chi connectivity index (χ2n) is 6.15. The number of carbonyl (C=O) groups is 2. The van der Waals surface area contributed by atoms with Crippen LogP contribution in [0.1, 0.15) is 42.6 Å². The Morgan fingerprint density at radius 3 is 2.50 bits per heavy atom. The van der Waals surface area contributed by atoms with E-state index in [9.17, 15) is 14.4 Å². The molecular weight excluding hydrogens is 364 g/mol. The van der Waals surface area contributed by atoms with Crippen molar-refractivity contribution >= 4 is 22.9 Å². The van der Waals surface area contributed by atoms with E-state index in [1.54, 1.807) is 26.0 Å². The molecule has 0 aliphatic carbocycles. The molecule has 7 nitrogen and oxygen atoms in total. The number of hydrogen-bond donors (Lipinski definition) is 0. The van der Waals surface area contributed by atoms with Crippen LogP contribution in [0.5, 0.6) is 5.75 Å². The van der Waals surface area contributed by atoms with Gasteiger partial charge in [-0.1, -0.05) is 6.92 Å². The highest BCUT2D eigenvalue weighted by Gasteiger charge is 2.21. The summed E-state index contributed by atoms with van der Waals surface area (Å²) in [5, 5.41) is 0.336. The van der Waals surface area contributed by atoms with E-state index in [1.165, 1.54) is 19.1 Å². The summed E-state index contributed by atoms with van der Waals surface area (Å²) in [5.41, 5.74) is 0.936. The first kappa shape index (κ1) is 19.4. The lowest BCUT2D eigenvalue weighted by molar-refractivity contribution is -0.131. The van der Waals surface area contributed by atoms with Gasteiger partial charge in [0.2, 0.25) is 11.2 Å². The largest absolute Gasteiger partial charge is 0.460 e. The zero-order valence-corrected chi connectivity index (χ0v) is 16.1. The molecular formula is C21H20O7. The van der Waals surface area contributed by atoms with Gasteiger partial charge in [-0.05, 0) is 44.0 Å². The van der Waals surface area contributed by atoms with Gasteiger partial charge in [-0.2, -0.15) is 0 Å². The normalized spacial score (nSPS) is 10.9. The van der Waals surface area contributed by atoms with Crippen LogP contribution in [0, 0.1) is 6.92 Å². The standard InChI is InChI=1S/C21H20O7/c1-5-13-9-14-18(10-17(13)27-12(4)22)26-11(3)19(20(14)23)15-7-8-16(28-15)21(24)25-6-2/h7-10H,5-6H2,1-4H3. The molecule has 0 unspecified atom stereocenters. The summed E-state index contributed by atoms with van der Waals surface area (Å²) >= 11 is 0. The van der Waals surface area contributed by atoms with Gasteiger partial charge in [0.1, 0.15) is 28.4 Å². The summed E-state index contributed by atoms with van der Waals surface area (Å²) in [6.07, 6.45) is 0.564. The summed E-state index contributed by atoms with van der Waals surface area (Å²) in [7, 11) is 0. The molecule has 3 rings (SSSR count). The predicted molar refractivity (Wildman–Crippen MR) is 102 cm³/mol. The maximum Gasteiger partial charge on any atom is 0.374 e. The zero-order valence-electron chi connectivity index (χ0n) is 16.1. The van der Waals surface area contributed by atoms with Crippen LogP contribution in [0.25, 0.3) is 22.3 Å². The Morgan fingerprint density at radius 2 is 1.86 bits per heavy atom. The van der Waals surface area contributed by atoms with E-state index in [1.807, 2.05) is 6.92 Å². The monoisotopic (exact) mass is 384 g/mol. The zero-order chi connectivity index (χ0) is 20.4. The van der Waals surface area contributed by atoms with E-state index >= 15 is 0 Å². The van der Waals surface area contributed by atoms with Gasteiger partial charge in [0.25, 0.3) is 0 Å². The molecule has 1 aromatic carbocycles. The predicted octanol–water partition coefficient (Wildman–Crippen LogP) is 4.03. The lowest BCUT2D eigenvalue weighted by Crippen LogP contribution is -2.09. The molecule has 0 fully saturated rings. The van der Waals surface area contributed by atoms with Crippen LogP contribution in [0.15, 0.2) is 37.9 Å². The van der Waals surface area contributed by atoms with E-state index in [2.05, 4.69) is 0 Å². The minimum absolute atomic E-state index is 0.00944. The van der Waals surface area contributed by atoms with Crippen LogP contribution in [-0.2, 0) is 16.0 Å². The summed E-state index contributed by atoms with van der Waals surface area (Å²) < 4.78 is 21.5. The van der Waals surface area contributed by atoms with Gasteiger partial charge in [0.05, 0.1) is 12.0 Å². The number of carbonyl (C=O) groups excluding carboxylic acids is 2. The van der Waals surface area contributed by atoms with Gasteiger partial charge < -0.3 is 18.3 Å². The average Bonchev–Trinajstić information content (AvgIpc) is 3.11. The summed E-state index contributed by atoms with van der Waals surface area (Å²) in [6, 6.07) is 6.18. The third-order valence-corrected chi connectivity index (χ3v) is 4.21. The Morgan fingerprint density at radius 1 is 1.11 bits per heavy atom. The molecule has 0 amide bonds. The third-order valence-electron chi connectivity index (χ3n) is 4.21. The molecule has 0 spiro atoms. The molecule has 0 atom stereocenters. The van der Waals surface area contributed by atoms with Crippen molar-refractivity contribution in [2.45, 2.75) is 34.1 Å². The Hall–Kier alpha value is -3.35. The number of rotatable bonds is 5. The van der Waals surface area contributed by atoms with Crippen LogP contribution < -0.4 is 10.2 Å². The molecule has 2 heterocycles. The molecule has 7 heteroatoms. The second kappa shape index (κ2) is 7.72. The Bertz CT molecular complexity index is 1120. The van der Waals surface area contributed by atoms with E-state index in [0.29, 0.717) is 34.5 Å². The van der Waals surface area contributed by atoms with Crippen molar-refractivity contribution in [2.75, 3.05) is 6.61 Å². The average molecular weight is 384 g/mol. The fourth-order valence-corrected chi connectivity index (χ4v) is 2.97. The number of esters is 2. The van der Waals surface area contributed by atoms with Crippen LogP contribution in [0.2, 0.25) is 0 Å². The van der Waals surface area contributed by atoms with Crippen LogP contribution in [0.3, 0.4) is 0 Å². The first-order valence-corrected chi connectivity index (χ1v) is 8.91. The van der Waals surface area contributed by atoms with Crippen molar-refractivity contribution in [2.24, 2.45) is 0 Å². The van der Waals surface area contributed by atoms with Gasteiger partial charge in [-0.25, -0.2) is 4.79 Å². The van der Waals surface area contributed by atoms with Crippen molar-refractivity contribution in [3.8, 4) is 17.1 Å². The molecule has 146 valence electrons. The van der Waals surface area contributed by atoms with E-state index in [-0.39, 0.29) is 29.1 Å². The maximum absolute atomic E-state index is 13.1. The minimum Gasteiger partial charge on any atom is -0.460 e. The molecule has 0 N–H and O–H groups in total. The fourth-order valence-electron chi connectivity index (χ4n) is 2.97. The molecule has 0 aliphatic rings. The Kier molecular flexibility index (Phi) is 5.35.